The summed E-state index contributed by atoms with van der Waals surface area (Å²) in [4.78, 5) is 18.8. The molecule has 1 aliphatic heterocycles. The van der Waals surface area contributed by atoms with Crippen molar-refractivity contribution in [3.05, 3.63) is 42.1 Å². The Morgan fingerprint density at radius 2 is 2.00 bits per heavy atom. The second-order valence-corrected chi connectivity index (χ2v) is 5.26. The molecule has 0 saturated carbocycles. The lowest BCUT2D eigenvalue weighted by Crippen LogP contribution is -2.46. The Kier molecular flexibility index (Phi) is 8.26. The molecule has 1 amide bonds. The van der Waals surface area contributed by atoms with Gasteiger partial charge in [0, 0.05) is 56.4 Å². The quantitative estimate of drug-likeness (QED) is 0.875. The maximum absolute atomic E-state index is 12.2. The highest BCUT2D eigenvalue weighted by molar-refractivity contribution is 5.97. The zero-order valence-electron chi connectivity index (χ0n) is 12.8. The van der Waals surface area contributed by atoms with E-state index in [1.807, 2.05) is 30.3 Å². The molecule has 0 aliphatic carbocycles. The average molecular weight is 357 g/mol. The van der Waals surface area contributed by atoms with Gasteiger partial charge in [-0.3, -0.25) is 14.7 Å². The third-order valence-corrected chi connectivity index (χ3v) is 3.79. The Hall–Kier alpha value is -1.40. The van der Waals surface area contributed by atoms with Gasteiger partial charge in [0.15, 0.2) is 0 Å². The largest absolute Gasteiger partial charge is 0.351 e. The van der Waals surface area contributed by atoms with Gasteiger partial charge in [0.25, 0.3) is 5.91 Å². The highest BCUT2D eigenvalue weighted by Crippen LogP contribution is 2.13. The van der Waals surface area contributed by atoms with E-state index in [4.69, 9.17) is 0 Å². The second-order valence-electron chi connectivity index (χ2n) is 5.26. The van der Waals surface area contributed by atoms with Crippen molar-refractivity contribution < 1.29 is 4.79 Å². The molecule has 3 rings (SSSR count). The molecule has 1 aromatic carbocycles. The number of aromatic nitrogens is 1. The zero-order chi connectivity index (χ0) is 14.5. The summed E-state index contributed by atoms with van der Waals surface area (Å²) in [5.74, 6) is -0.0177. The number of hydrogen-bond donors (Lipinski definition) is 2. The van der Waals surface area contributed by atoms with Gasteiger partial charge in [0.05, 0.1) is 5.52 Å². The number of nitrogens with zero attached hydrogens (tertiary/aromatic N) is 2. The van der Waals surface area contributed by atoms with E-state index in [0.29, 0.717) is 12.1 Å². The second kappa shape index (κ2) is 9.67. The van der Waals surface area contributed by atoms with Crippen LogP contribution in [0.25, 0.3) is 10.9 Å². The van der Waals surface area contributed by atoms with E-state index in [9.17, 15) is 4.79 Å². The summed E-state index contributed by atoms with van der Waals surface area (Å²) < 4.78 is 0. The lowest BCUT2D eigenvalue weighted by molar-refractivity contribution is 0.0947. The van der Waals surface area contributed by atoms with Crippen LogP contribution in [-0.4, -0.2) is 55.1 Å². The molecule has 126 valence electrons. The summed E-state index contributed by atoms with van der Waals surface area (Å²) in [6, 6.07) is 9.47. The number of fused-ring (bicyclic) bond motifs is 1. The number of carbonyl (C=O) groups is 1. The zero-order valence-corrected chi connectivity index (χ0v) is 14.5. The fourth-order valence-corrected chi connectivity index (χ4v) is 2.58. The van der Waals surface area contributed by atoms with Crippen molar-refractivity contribution in [1.82, 2.24) is 20.5 Å². The van der Waals surface area contributed by atoms with E-state index < -0.39 is 0 Å². The Balaban J connectivity index is 0.00000132. The van der Waals surface area contributed by atoms with Crippen LogP contribution in [0.2, 0.25) is 0 Å². The van der Waals surface area contributed by atoms with E-state index in [1.54, 1.807) is 6.20 Å². The summed E-state index contributed by atoms with van der Waals surface area (Å²) in [5, 5.41) is 7.30. The molecule has 1 aromatic heterocycles. The highest BCUT2D eigenvalue weighted by atomic mass is 35.5. The molecule has 7 heteroatoms. The van der Waals surface area contributed by atoms with Crippen LogP contribution in [0.4, 0.5) is 0 Å². The highest BCUT2D eigenvalue weighted by Gasteiger charge is 2.10. The third-order valence-electron chi connectivity index (χ3n) is 3.79. The molecular formula is C16H22Cl2N4O. The summed E-state index contributed by atoms with van der Waals surface area (Å²) in [6.45, 7) is 5.76. The first-order chi connectivity index (χ1) is 10.3. The van der Waals surface area contributed by atoms with E-state index in [2.05, 4.69) is 20.5 Å². The summed E-state index contributed by atoms with van der Waals surface area (Å²) >= 11 is 0. The van der Waals surface area contributed by atoms with Crippen molar-refractivity contribution in [1.29, 1.82) is 0 Å². The van der Waals surface area contributed by atoms with E-state index >= 15 is 0 Å². The molecule has 0 radical (unpaired) electrons. The van der Waals surface area contributed by atoms with E-state index in [-0.39, 0.29) is 30.7 Å². The first-order valence-electron chi connectivity index (χ1n) is 7.39. The van der Waals surface area contributed by atoms with Gasteiger partial charge >= 0.3 is 0 Å². The Morgan fingerprint density at radius 1 is 1.22 bits per heavy atom. The molecule has 0 atom stereocenters. The smallest absolute Gasteiger partial charge is 0.251 e. The molecule has 2 heterocycles. The van der Waals surface area contributed by atoms with Gasteiger partial charge in [-0.25, -0.2) is 0 Å². The lowest BCUT2D eigenvalue weighted by Gasteiger charge is -2.27. The predicted molar refractivity (Wildman–Crippen MR) is 97.9 cm³/mol. The summed E-state index contributed by atoms with van der Waals surface area (Å²) in [6.07, 6.45) is 1.76. The molecule has 5 nitrogen and oxygen atoms in total. The van der Waals surface area contributed by atoms with E-state index in [0.717, 1.165) is 43.6 Å². The minimum atomic E-state index is -0.0177. The number of pyridine rings is 1. The van der Waals surface area contributed by atoms with Crippen molar-refractivity contribution in [2.75, 3.05) is 39.3 Å². The number of hydrogen-bond acceptors (Lipinski definition) is 4. The van der Waals surface area contributed by atoms with Gasteiger partial charge < -0.3 is 10.6 Å². The normalized spacial score (nSPS) is 14.6. The van der Waals surface area contributed by atoms with Crippen LogP contribution in [0, 0.1) is 0 Å². The van der Waals surface area contributed by atoms with Crippen molar-refractivity contribution in [3.8, 4) is 0 Å². The summed E-state index contributed by atoms with van der Waals surface area (Å²) in [7, 11) is 0. The number of rotatable bonds is 4. The van der Waals surface area contributed by atoms with Crippen molar-refractivity contribution >= 4 is 41.6 Å². The maximum atomic E-state index is 12.2. The SMILES string of the molecule is Cl.Cl.O=C(NCCN1CCNCC1)c1ccc2ncccc2c1. The van der Waals surface area contributed by atoms with Crippen molar-refractivity contribution in [3.63, 3.8) is 0 Å². The molecule has 1 fully saturated rings. The van der Waals surface area contributed by atoms with Crippen LogP contribution in [-0.2, 0) is 0 Å². The van der Waals surface area contributed by atoms with Crippen LogP contribution in [0.3, 0.4) is 0 Å². The predicted octanol–water partition coefficient (Wildman–Crippen LogP) is 1.71. The van der Waals surface area contributed by atoms with Gasteiger partial charge in [0.2, 0.25) is 0 Å². The molecule has 2 aromatic rings. The Bertz CT molecular complexity index is 632. The molecular weight excluding hydrogens is 335 g/mol. The van der Waals surface area contributed by atoms with Crippen LogP contribution in [0.15, 0.2) is 36.5 Å². The molecule has 1 aliphatic rings. The summed E-state index contributed by atoms with van der Waals surface area (Å²) in [5.41, 5.74) is 1.60. The minimum Gasteiger partial charge on any atom is -0.351 e. The molecule has 0 spiro atoms. The lowest BCUT2D eigenvalue weighted by atomic mass is 10.1. The number of nitrogens with one attached hydrogen (secondary N) is 2. The standard InChI is InChI=1S/C16H20N4O.2ClH/c21-16(19-8-11-20-9-6-17-7-10-20)14-3-4-15-13(12-14)2-1-5-18-15;;/h1-5,12,17H,6-11H2,(H,19,21);2*1H. The number of piperazine rings is 1. The van der Waals surface area contributed by atoms with Crippen LogP contribution < -0.4 is 10.6 Å². The fraction of sp³-hybridized carbons (Fsp3) is 0.375. The first-order valence-corrected chi connectivity index (χ1v) is 7.39. The monoisotopic (exact) mass is 356 g/mol. The molecule has 0 bridgehead atoms. The van der Waals surface area contributed by atoms with Gasteiger partial charge in [-0.15, -0.1) is 24.8 Å². The topological polar surface area (TPSA) is 57.3 Å². The maximum Gasteiger partial charge on any atom is 0.251 e. The Morgan fingerprint density at radius 3 is 2.78 bits per heavy atom. The van der Waals surface area contributed by atoms with Crippen LogP contribution >= 0.6 is 24.8 Å². The molecule has 23 heavy (non-hydrogen) atoms. The van der Waals surface area contributed by atoms with Crippen molar-refractivity contribution in [2.24, 2.45) is 0 Å². The number of benzene rings is 1. The number of amides is 1. The van der Waals surface area contributed by atoms with Gasteiger partial charge in [-0.1, -0.05) is 6.07 Å². The van der Waals surface area contributed by atoms with Crippen LogP contribution in [0.5, 0.6) is 0 Å². The van der Waals surface area contributed by atoms with Crippen LogP contribution in [0.1, 0.15) is 10.4 Å². The Labute approximate surface area is 148 Å². The minimum absolute atomic E-state index is 0. The number of halogens is 2. The number of carbonyl (C=O) groups excluding carboxylic acids is 1. The molecule has 1 saturated heterocycles. The molecule has 2 N–H and O–H groups in total. The van der Waals surface area contributed by atoms with E-state index in [1.165, 1.54) is 0 Å². The molecule has 0 unspecified atom stereocenters. The van der Waals surface area contributed by atoms with Gasteiger partial charge in [0.1, 0.15) is 0 Å². The third kappa shape index (κ3) is 5.32. The fourth-order valence-electron chi connectivity index (χ4n) is 2.58. The van der Waals surface area contributed by atoms with Crippen molar-refractivity contribution in [2.45, 2.75) is 0 Å². The average Bonchev–Trinajstić information content (AvgIpc) is 2.55. The van der Waals surface area contributed by atoms with Gasteiger partial charge in [-0.05, 0) is 24.3 Å². The first kappa shape index (κ1) is 19.6. The van der Waals surface area contributed by atoms with Gasteiger partial charge in [-0.2, -0.15) is 0 Å².